The summed E-state index contributed by atoms with van der Waals surface area (Å²) in [5.41, 5.74) is 0.804. The average molecular weight is 356 g/mol. The Balaban J connectivity index is 2.16. The van der Waals surface area contributed by atoms with Gasteiger partial charge < -0.3 is 25.0 Å². The van der Waals surface area contributed by atoms with Crippen LogP contribution in [0.5, 0.6) is 17.2 Å². The van der Waals surface area contributed by atoms with E-state index in [0.717, 1.165) is 0 Å². The molecular formula is C18H16N2O6. The lowest BCUT2D eigenvalue weighted by Crippen LogP contribution is -2.14. The van der Waals surface area contributed by atoms with Crippen molar-refractivity contribution < 1.29 is 24.9 Å². The van der Waals surface area contributed by atoms with Crippen molar-refractivity contribution >= 4 is 22.7 Å². The highest BCUT2D eigenvalue weighted by Crippen LogP contribution is 2.34. The molecule has 1 heterocycles. The molecule has 0 atom stereocenters. The second-order valence-corrected chi connectivity index (χ2v) is 5.48. The van der Waals surface area contributed by atoms with Crippen molar-refractivity contribution in [3.63, 3.8) is 0 Å². The highest BCUT2D eigenvalue weighted by molar-refractivity contribution is 5.94. The van der Waals surface area contributed by atoms with Crippen molar-refractivity contribution in [1.29, 1.82) is 0 Å². The molecule has 0 aliphatic rings. The van der Waals surface area contributed by atoms with E-state index >= 15 is 0 Å². The van der Waals surface area contributed by atoms with Gasteiger partial charge in [-0.1, -0.05) is 0 Å². The molecule has 3 aromatic rings. The van der Waals surface area contributed by atoms with E-state index in [1.165, 1.54) is 36.4 Å². The molecule has 0 fully saturated rings. The standard InChI is InChI=1S/C18H16N2O6/c1-2-26-18(25)20-12-7-9(21)3-4-10(12)13-8-15(23)16-11(19-13)5-6-14(22)17(16)24/h3-8,21-22,24H,2H2,1H3,(H,19,23)(H,20,25). The van der Waals surface area contributed by atoms with Gasteiger partial charge in [-0.15, -0.1) is 0 Å². The zero-order valence-corrected chi connectivity index (χ0v) is 13.7. The first-order valence-corrected chi connectivity index (χ1v) is 7.76. The van der Waals surface area contributed by atoms with Crippen molar-refractivity contribution in [2.45, 2.75) is 6.92 Å². The minimum Gasteiger partial charge on any atom is -0.508 e. The number of aromatic hydroxyl groups is 3. The number of carbonyl (C=O) groups excluding carboxylic acids is 1. The number of pyridine rings is 1. The van der Waals surface area contributed by atoms with E-state index in [4.69, 9.17) is 4.74 Å². The van der Waals surface area contributed by atoms with Crippen LogP contribution >= 0.6 is 0 Å². The highest BCUT2D eigenvalue weighted by atomic mass is 16.5. The zero-order chi connectivity index (χ0) is 18.8. The number of rotatable bonds is 3. The predicted octanol–water partition coefficient (Wildman–Crippen LogP) is 2.88. The maximum atomic E-state index is 12.4. The van der Waals surface area contributed by atoms with Crippen LogP contribution in [0.4, 0.5) is 10.5 Å². The fourth-order valence-electron chi connectivity index (χ4n) is 2.61. The van der Waals surface area contributed by atoms with Gasteiger partial charge in [0.25, 0.3) is 0 Å². The van der Waals surface area contributed by atoms with Crippen LogP contribution in [0.15, 0.2) is 41.2 Å². The highest BCUT2D eigenvalue weighted by Gasteiger charge is 2.15. The number of anilines is 1. The lowest BCUT2D eigenvalue weighted by molar-refractivity contribution is 0.168. The number of amides is 1. The van der Waals surface area contributed by atoms with E-state index in [1.54, 1.807) is 6.92 Å². The molecule has 8 heteroatoms. The van der Waals surface area contributed by atoms with E-state index in [9.17, 15) is 24.9 Å². The van der Waals surface area contributed by atoms with Gasteiger partial charge in [-0.25, -0.2) is 4.79 Å². The molecule has 0 unspecified atom stereocenters. The molecule has 0 saturated heterocycles. The molecule has 8 nitrogen and oxygen atoms in total. The van der Waals surface area contributed by atoms with Gasteiger partial charge in [0.1, 0.15) is 5.75 Å². The molecule has 0 bridgehead atoms. The molecule has 0 aliphatic heterocycles. The quantitative estimate of drug-likeness (QED) is 0.459. The minimum absolute atomic E-state index is 0.0487. The van der Waals surface area contributed by atoms with Crippen LogP contribution in [0.3, 0.4) is 0 Å². The summed E-state index contributed by atoms with van der Waals surface area (Å²) in [6, 6.07) is 8.18. The van der Waals surface area contributed by atoms with Crippen LogP contribution in [0.1, 0.15) is 6.92 Å². The number of H-pyrrole nitrogens is 1. The third kappa shape index (κ3) is 3.12. The van der Waals surface area contributed by atoms with Crippen LogP contribution in [0.25, 0.3) is 22.2 Å². The molecule has 3 rings (SSSR count). The van der Waals surface area contributed by atoms with Crippen molar-refractivity contribution in [3.05, 3.63) is 46.6 Å². The lowest BCUT2D eigenvalue weighted by atomic mass is 10.1. The van der Waals surface area contributed by atoms with Gasteiger partial charge in [0.2, 0.25) is 0 Å². The largest absolute Gasteiger partial charge is 0.508 e. The molecule has 0 spiro atoms. The summed E-state index contributed by atoms with van der Waals surface area (Å²) in [7, 11) is 0. The van der Waals surface area contributed by atoms with Crippen LogP contribution in [0, 0.1) is 0 Å². The molecule has 134 valence electrons. The van der Waals surface area contributed by atoms with Crippen molar-refractivity contribution in [1.82, 2.24) is 4.98 Å². The van der Waals surface area contributed by atoms with Crippen molar-refractivity contribution in [2.24, 2.45) is 0 Å². The zero-order valence-electron chi connectivity index (χ0n) is 13.7. The maximum absolute atomic E-state index is 12.4. The van der Waals surface area contributed by atoms with Gasteiger partial charge in [0.05, 0.1) is 28.9 Å². The molecule has 0 radical (unpaired) electrons. The molecule has 26 heavy (non-hydrogen) atoms. The monoisotopic (exact) mass is 356 g/mol. The van der Waals surface area contributed by atoms with Crippen LogP contribution in [0.2, 0.25) is 0 Å². The minimum atomic E-state index is -0.704. The molecule has 1 amide bonds. The number of aromatic nitrogens is 1. The number of phenolic OH excluding ortho intramolecular Hbond substituents is 3. The van der Waals surface area contributed by atoms with Gasteiger partial charge in [-0.3, -0.25) is 10.1 Å². The summed E-state index contributed by atoms with van der Waals surface area (Å²) in [4.78, 5) is 27.1. The number of fused-ring (bicyclic) bond motifs is 1. The molecule has 0 aliphatic carbocycles. The van der Waals surface area contributed by atoms with E-state index in [2.05, 4.69) is 10.3 Å². The number of phenols is 3. The van der Waals surface area contributed by atoms with Gasteiger partial charge in [0.15, 0.2) is 16.9 Å². The van der Waals surface area contributed by atoms with Gasteiger partial charge >= 0.3 is 6.09 Å². The molecule has 2 aromatic carbocycles. The van der Waals surface area contributed by atoms with Gasteiger partial charge in [0, 0.05) is 17.7 Å². The smallest absolute Gasteiger partial charge is 0.411 e. The number of nitrogens with one attached hydrogen (secondary N) is 2. The maximum Gasteiger partial charge on any atom is 0.411 e. The number of aromatic amines is 1. The molecule has 1 aromatic heterocycles. The lowest BCUT2D eigenvalue weighted by Gasteiger charge is -2.13. The van der Waals surface area contributed by atoms with Gasteiger partial charge in [-0.05, 0) is 31.2 Å². The summed E-state index contributed by atoms with van der Waals surface area (Å²) in [6.07, 6.45) is -0.704. The Hall–Kier alpha value is -3.68. The summed E-state index contributed by atoms with van der Waals surface area (Å²) in [5, 5.41) is 31.6. The second kappa shape index (κ2) is 6.67. The van der Waals surface area contributed by atoms with Crippen molar-refractivity contribution in [2.75, 3.05) is 11.9 Å². The summed E-state index contributed by atoms with van der Waals surface area (Å²) in [5.74, 6) is -0.984. The number of hydrogen-bond donors (Lipinski definition) is 5. The van der Waals surface area contributed by atoms with Crippen LogP contribution in [-0.2, 0) is 4.74 Å². The Labute approximate surface area is 147 Å². The number of carbonyl (C=O) groups is 1. The van der Waals surface area contributed by atoms with Crippen LogP contribution in [-0.4, -0.2) is 33.0 Å². The van der Waals surface area contributed by atoms with Gasteiger partial charge in [-0.2, -0.15) is 0 Å². The summed E-state index contributed by atoms with van der Waals surface area (Å²) in [6.45, 7) is 1.83. The summed E-state index contributed by atoms with van der Waals surface area (Å²) >= 11 is 0. The third-order valence-electron chi connectivity index (χ3n) is 3.75. The topological polar surface area (TPSA) is 132 Å². The second-order valence-electron chi connectivity index (χ2n) is 5.48. The first-order valence-electron chi connectivity index (χ1n) is 7.76. The third-order valence-corrected chi connectivity index (χ3v) is 3.75. The van der Waals surface area contributed by atoms with E-state index in [-0.39, 0.29) is 23.4 Å². The van der Waals surface area contributed by atoms with E-state index < -0.39 is 23.0 Å². The number of benzene rings is 2. The first kappa shape index (κ1) is 17.2. The average Bonchev–Trinajstić information content (AvgIpc) is 2.58. The van der Waals surface area contributed by atoms with E-state index in [1.807, 2.05) is 0 Å². The van der Waals surface area contributed by atoms with E-state index in [0.29, 0.717) is 16.8 Å². The normalized spacial score (nSPS) is 10.7. The molecule has 5 N–H and O–H groups in total. The predicted molar refractivity (Wildman–Crippen MR) is 95.6 cm³/mol. The Kier molecular flexibility index (Phi) is 4.40. The molecular weight excluding hydrogens is 340 g/mol. The number of ether oxygens (including phenoxy) is 1. The fourth-order valence-corrected chi connectivity index (χ4v) is 2.61. The SMILES string of the molecule is CCOC(=O)Nc1cc(O)ccc1-c1cc(=O)c2c(O)c(O)ccc2[nH]1. The van der Waals surface area contributed by atoms with Crippen LogP contribution < -0.4 is 10.7 Å². The Morgan fingerprint density at radius 2 is 1.92 bits per heavy atom. The first-order chi connectivity index (χ1) is 12.4. The Morgan fingerprint density at radius 1 is 1.15 bits per heavy atom. The fraction of sp³-hybridized carbons (Fsp3) is 0.111. The molecule has 0 saturated carbocycles. The summed E-state index contributed by atoms with van der Waals surface area (Å²) < 4.78 is 4.83. The Morgan fingerprint density at radius 3 is 2.65 bits per heavy atom. The van der Waals surface area contributed by atoms with Crippen molar-refractivity contribution in [3.8, 4) is 28.5 Å². The number of hydrogen-bond acceptors (Lipinski definition) is 6. The Bertz CT molecular complexity index is 1060.